The van der Waals surface area contributed by atoms with Crippen LogP contribution in [0.4, 0.5) is 0 Å². The van der Waals surface area contributed by atoms with Crippen molar-refractivity contribution in [3.8, 4) is 11.5 Å². The van der Waals surface area contributed by atoms with Crippen LogP contribution >= 0.6 is 0 Å². The maximum Gasteiger partial charge on any atom is 0.261 e. The number of aryl methyl sites for hydroxylation is 2. The van der Waals surface area contributed by atoms with Crippen molar-refractivity contribution in [2.75, 3.05) is 7.11 Å². The lowest BCUT2D eigenvalue weighted by Gasteiger charge is -2.21. The Kier molecular flexibility index (Phi) is 5.85. The van der Waals surface area contributed by atoms with Gasteiger partial charge in [-0.25, -0.2) is 0 Å². The predicted octanol–water partition coefficient (Wildman–Crippen LogP) is 3.96. The predicted molar refractivity (Wildman–Crippen MR) is 95.6 cm³/mol. The fourth-order valence-corrected chi connectivity index (χ4v) is 2.51. The van der Waals surface area contributed by atoms with Crippen molar-refractivity contribution in [3.63, 3.8) is 0 Å². The van der Waals surface area contributed by atoms with Crippen LogP contribution in [0.2, 0.25) is 0 Å². The van der Waals surface area contributed by atoms with Gasteiger partial charge in [-0.05, 0) is 51.0 Å². The van der Waals surface area contributed by atoms with E-state index in [1.807, 2.05) is 63.2 Å². The second-order valence-corrected chi connectivity index (χ2v) is 6.00. The SMILES string of the molecule is COc1ccccc1[C@H](C)NC(=O)[C@@H](C)Oc1cc(C)ccc1C. The summed E-state index contributed by atoms with van der Waals surface area (Å²) in [6, 6.07) is 13.5. The van der Waals surface area contributed by atoms with Crippen molar-refractivity contribution in [3.05, 3.63) is 59.2 Å². The number of hydrogen-bond acceptors (Lipinski definition) is 3. The van der Waals surface area contributed by atoms with E-state index in [-0.39, 0.29) is 11.9 Å². The number of carbonyl (C=O) groups is 1. The third-order valence-corrected chi connectivity index (χ3v) is 3.98. The number of methoxy groups -OCH3 is 1. The molecule has 0 aliphatic heterocycles. The van der Waals surface area contributed by atoms with Crippen LogP contribution in [-0.4, -0.2) is 19.1 Å². The second-order valence-electron chi connectivity index (χ2n) is 6.00. The first kappa shape index (κ1) is 17.9. The molecule has 0 unspecified atom stereocenters. The molecular formula is C20H25NO3. The highest BCUT2D eigenvalue weighted by Gasteiger charge is 2.20. The van der Waals surface area contributed by atoms with Crippen LogP contribution in [0.3, 0.4) is 0 Å². The van der Waals surface area contributed by atoms with Crippen molar-refractivity contribution in [1.29, 1.82) is 0 Å². The van der Waals surface area contributed by atoms with Gasteiger partial charge in [-0.15, -0.1) is 0 Å². The van der Waals surface area contributed by atoms with Crippen molar-refractivity contribution in [1.82, 2.24) is 5.32 Å². The Balaban J connectivity index is 2.04. The maximum atomic E-state index is 12.5. The molecule has 0 heterocycles. The van der Waals surface area contributed by atoms with E-state index >= 15 is 0 Å². The molecule has 2 aromatic rings. The second kappa shape index (κ2) is 7.86. The molecule has 24 heavy (non-hydrogen) atoms. The summed E-state index contributed by atoms with van der Waals surface area (Å²) >= 11 is 0. The molecule has 4 nitrogen and oxygen atoms in total. The minimum atomic E-state index is -0.581. The highest BCUT2D eigenvalue weighted by Crippen LogP contribution is 2.25. The van der Waals surface area contributed by atoms with E-state index < -0.39 is 6.10 Å². The summed E-state index contributed by atoms with van der Waals surface area (Å²) < 4.78 is 11.2. The molecule has 1 N–H and O–H groups in total. The Morgan fingerprint density at radius 2 is 1.75 bits per heavy atom. The van der Waals surface area contributed by atoms with Crippen LogP contribution < -0.4 is 14.8 Å². The summed E-state index contributed by atoms with van der Waals surface area (Å²) in [6.45, 7) is 7.66. The average molecular weight is 327 g/mol. The van der Waals surface area contributed by atoms with Crippen LogP contribution in [0.5, 0.6) is 11.5 Å². The molecule has 4 heteroatoms. The molecule has 0 fully saturated rings. The zero-order valence-electron chi connectivity index (χ0n) is 14.9. The van der Waals surface area contributed by atoms with E-state index in [4.69, 9.17) is 9.47 Å². The van der Waals surface area contributed by atoms with Gasteiger partial charge >= 0.3 is 0 Å². The van der Waals surface area contributed by atoms with E-state index in [9.17, 15) is 4.79 Å². The summed E-state index contributed by atoms with van der Waals surface area (Å²) in [7, 11) is 1.62. The van der Waals surface area contributed by atoms with E-state index in [0.717, 1.165) is 28.2 Å². The number of nitrogens with one attached hydrogen (secondary N) is 1. The Morgan fingerprint density at radius 1 is 1.04 bits per heavy atom. The average Bonchev–Trinajstić information content (AvgIpc) is 2.57. The van der Waals surface area contributed by atoms with Gasteiger partial charge in [0.1, 0.15) is 11.5 Å². The smallest absolute Gasteiger partial charge is 0.261 e. The summed E-state index contributed by atoms with van der Waals surface area (Å²) in [5, 5.41) is 2.98. The van der Waals surface area contributed by atoms with Gasteiger partial charge in [-0.3, -0.25) is 4.79 Å². The summed E-state index contributed by atoms with van der Waals surface area (Å²) in [4.78, 5) is 12.5. The van der Waals surface area contributed by atoms with E-state index in [0.29, 0.717) is 0 Å². The van der Waals surface area contributed by atoms with Gasteiger partial charge in [-0.1, -0.05) is 30.3 Å². The largest absolute Gasteiger partial charge is 0.496 e. The number of para-hydroxylation sites is 1. The van der Waals surface area contributed by atoms with Crippen LogP contribution in [0, 0.1) is 13.8 Å². The van der Waals surface area contributed by atoms with Gasteiger partial charge in [0.15, 0.2) is 6.10 Å². The summed E-state index contributed by atoms with van der Waals surface area (Å²) in [5.74, 6) is 1.34. The first-order chi connectivity index (χ1) is 11.4. The lowest BCUT2D eigenvalue weighted by Crippen LogP contribution is -2.38. The van der Waals surface area contributed by atoms with Gasteiger partial charge < -0.3 is 14.8 Å². The molecule has 2 rings (SSSR count). The molecular weight excluding hydrogens is 302 g/mol. The zero-order chi connectivity index (χ0) is 17.7. The third-order valence-electron chi connectivity index (χ3n) is 3.98. The minimum absolute atomic E-state index is 0.158. The molecule has 0 aliphatic rings. The Hall–Kier alpha value is -2.49. The Morgan fingerprint density at radius 3 is 2.46 bits per heavy atom. The van der Waals surface area contributed by atoms with Gasteiger partial charge in [0.2, 0.25) is 0 Å². The van der Waals surface area contributed by atoms with E-state index in [1.54, 1.807) is 14.0 Å². The van der Waals surface area contributed by atoms with Gasteiger partial charge in [0.25, 0.3) is 5.91 Å². The number of benzene rings is 2. The van der Waals surface area contributed by atoms with Crippen LogP contribution in [0.15, 0.2) is 42.5 Å². The lowest BCUT2D eigenvalue weighted by molar-refractivity contribution is -0.127. The maximum absolute atomic E-state index is 12.5. The number of rotatable bonds is 6. The fraction of sp³-hybridized carbons (Fsp3) is 0.350. The Bertz CT molecular complexity index is 712. The topological polar surface area (TPSA) is 47.6 Å². The first-order valence-electron chi connectivity index (χ1n) is 8.09. The molecule has 2 aromatic carbocycles. The molecule has 0 bridgehead atoms. The quantitative estimate of drug-likeness (QED) is 0.874. The standard InChI is InChI=1S/C20H25NO3/c1-13-10-11-14(2)19(12-13)24-16(4)20(22)21-15(3)17-8-6-7-9-18(17)23-5/h6-12,15-16H,1-5H3,(H,21,22)/t15-,16+/m0/s1. The van der Waals surface area contributed by atoms with Crippen LogP contribution in [0.1, 0.15) is 36.6 Å². The minimum Gasteiger partial charge on any atom is -0.496 e. The summed E-state index contributed by atoms with van der Waals surface area (Å²) in [6.07, 6.45) is -0.581. The van der Waals surface area contributed by atoms with Gasteiger partial charge in [0, 0.05) is 5.56 Å². The van der Waals surface area contributed by atoms with Crippen LogP contribution in [0.25, 0.3) is 0 Å². The molecule has 1 amide bonds. The molecule has 0 aliphatic carbocycles. The lowest BCUT2D eigenvalue weighted by atomic mass is 10.1. The number of ether oxygens (including phenoxy) is 2. The number of hydrogen-bond donors (Lipinski definition) is 1. The highest BCUT2D eigenvalue weighted by molar-refractivity contribution is 5.81. The third kappa shape index (κ3) is 4.28. The molecule has 0 saturated heterocycles. The van der Waals surface area contributed by atoms with Crippen molar-refractivity contribution in [2.24, 2.45) is 0 Å². The monoisotopic (exact) mass is 327 g/mol. The van der Waals surface area contributed by atoms with E-state index in [2.05, 4.69) is 5.32 Å². The molecule has 2 atom stereocenters. The molecule has 0 radical (unpaired) electrons. The number of carbonyl (C=O) groups excluding carboxylic acids is 1. The van der Waals surface area contributed by atoms with Crippen molar-refractivity contribution < 1.29 is 14.3 Å². The number of amides is 1. The highest BCUT2D eigenvalue weighted by atomic mass is 16.5. The van der Waals surface area contributed by atoms with Crippen molar-refractivity contribution in [2.45, 2.75) is 39.8 Å². The van der Waals surface area contributed by atoms with E-state index in [1.165, 1.54) is 0 Å². The first-order valence-corrected chi connectivity index (χ1v) is 8.09. The molecule has 128 valence electrons. The fourth-order valence-electron chi connectivity index (χ4n) is 2.51. The molecule has 0 aromatic heterocycles. The van der Waals surface area contributed by atoms with Crippen molar-refractivity contribution >= 4 is 5.91 Å². The molecule has 0 spiro atoms. The van der Waals surface area contributed by atoms with Crippen LogP contribution in [-0.2, 0) is 4.79 Å². The molecule has 0 saturated carbocycles. The van der Waals surface area contributed by atoms with Gasteiger partial charge in [0.05, 0.1) is 13.2 Å². The van der Waals surface area contributed by atoms with Gasteiger partial charge in [-0.2, -0.15) is 0 Å². The zero-order valence-corrected chi connectivity index (χ0v) is 14.9. The summed E-state index contributed by atoms with van der Waals surface area (Å²) in [5.41, 5.74) is 3.05. The Labute approximate surface area is 143 Å². The normalized spacial score (nSPS) is 13.0.